The van der Waals surface area contributed by atoms with Crippen molar-refractivity contribution in [2.45, 2.75) is 45.7 Å². The third kappa shape index (κ3) is 3.09. The molecular weight excluding hydrogens is 192 g/mol. The van der Waals surface area contributed by atoms with E-state index in [-0.39, 0.29) is 11.6 Å². The van der Waals surface area contributed by atoms with Gasteiger partial charge in [0.1, 0.15) is 0 Å². The molecule has 0 aromatic heterocycles. The van der Waals surface area contributed by atoms with Gasteiger partial charge < -0.3 is 10.4 Å². The normalized spacial score (nSPS) is 27.5. The van der Waals surface area contributed by atoms with Gasteiger partial charge in [-0.2, -0.15) is 0 Å². The molecule has 0 aliphatic carbocycles. The number of rotatable bonds is 1. The first kappa shape index (κ1) is 12.3. The molecule has 88 valence electrons. The predicted octanol–water partition coefficient (Wildman–Crippen LogP) is 1.76. The van der Waals surface area contributed by atoms with Crippen LogP contribution in [0.3, 0.4) is 0 Å². The van der Waals surface area contributed by atoms with Crippen LogP contribution in [0.1, 0.15) is 34.1 Å². The van der Waals surface area contributed by atoms with Crippen LogP contribution >= 0.6 is 0 Å². The average Bonchev–Trinajstić information content (AvgIpc) is 1.99. The third-order valence-electron chi connectivity index (χ3n) is 2.84. The molecule has 4 heteroatoms. The van der Waals surface area contributed by atoms with Crippen LogP contribution in [0.25, 0.3) is 0 Å². The summed E-state index contributed by atoms with van der Waals surface area (Å²) in [6.07, 6.45) is 0.139. The molecule has 0 saturated carbocycles. The molecule has 1 rings (SSSR count). The largest absolute Gasteiger partial charge is 0.465 e. The summed E-state index contributed by atoms with van der Waals surface area (Å²) in [7, 11) is 0. The van der Waals surface area contributed by atoms with Crippen molar-refractivity contribution in [2.75, 3.05) is 13.1 Å². The maximum Gasteiger partial charge on any atom is 0.408 e. The lowest BCUT2D eigenvalue weighted by Crippen LogP contribution is -2.57. The van der Waals surface area contributed by atoms with Gasteiger partial charge in [0.25, 0.3) is 0 Å². The highest BCUT2D eigenvalue weighted by atomic mass is 16.4. The van der Waals surface area contributed by atoms with Crippen molar-refractivity contribution in [3.63, 3.8) is 0 Å². The molecule has 2 atom stereocenters. The molecule has 1 aliphatic heterocycles. The molecular formula is C11H22N2O2. The SMILES string of the molecule is C[C@H]1CNC[C@H](N(C(=O)O)C(C)(C)C)C1. The minimum absolute atomic E-state index is 0.103. The van der Waals surface area contributed by atoms with Crippen molar-refractivity contribution in [1.29, 1.82) is 0 Å². The fourth-order valence-corrected chi connectivity index (χ4v) is 2.32. The summed E-state index contributed by atoms with van der Waals surface area (Å²) in [4.78, 5) is 12.8. The molecule has 0 spiro atoms. The fourth-order valence-electron chi connectivity index (χ4n) is 2.32. The lowest BCUT2D eigenvalue weighted by molar-refractivity contribution is 0.0544. The molecule has 1 heterocycles. The topological polar surface area (TPSA) is 52.6 Å². The van der Waals surface area contributed by atoms with Gasteiger partial charge >= 0.3 is 6.09 Å². The van der Waals surface area contributed by atoms with Gasteiger partial charge in [0.15, 0.2) is 0 Å². The van der Waals surface area contributed by atoms with Crippen LogP contribution in [-0.2, 0) is 0 Å². The van der Waals surface area contributed by atoms with E-state index in [0.717, 1.165) is 19.5 Å². The maximum atomic E-state index is 11.3. The number of nitrogens with zero attached hydrogens (tertiary/aromatic N) is 1. The van der Waals surface area contributed by atoms with Crippen molar-refractivity contribution >= 4 is 6.09 Å². The van der Waals surface area contributed by atoms with E-state index in [4.69, 9.17) is 0 Å². The van der Waals surface area contributed by atoms with Gasteiger partial charge in [-0.1, -0.05) is 6.92 Å². The van der Waals surface area contributed by atoms with E-state index >= 15 is 0 Å². The molecule has 4 nitrogen and oxygen atoms in total. The third-order valence-corrected chi connectivity index (χ3v) is 2.84. The Morgan fingerprint density at radius 1 is 1.40 bits per heavy atom. The van der Waals surface area contributed by atoms with E-state index in [1.54, 1.807) is 4.90 Å². The Hall–Kier alpha value is -0.770. The summed E-state index contributed by atoms with van der Waals surface area (Å²) in [5, 5.41) is 12.5. The molecule has 1 saturated heterocycles. The summed E-state index contributed by atoms with van der Waals surface area (Å²) >= 11 is 0. The first-order chi connectivity index (χ1) is 6.82. The number of amides is 1. The molecule has 1 fully saturated rings. The predicted molar refractivity (Wildman–Crippen MR) is 60.1 cm³/mol. The molecule has 0 bridgehead atoms. The van der Waals surface area contributed by atoms with Gasteiger partial charge in [-0.15, -0.1) is 0 Å². The van der Waals surface area contributed by atoms with Gasteiger partial charge in [-0.25, -0.2) is 4.79 Å². The lowest BCUT2D eigenvalue weighted by atomic mass is 9.93. The molecule has 15 heavy (non-hydrogen) atoms. The standard InChI is InChI=1S/C11H22N2O2/c1-8-5-9(7-12-6-8)13(10(14)15)11(2,3)4/h8-9,12H,5-7H2,1-4H3,(H,14,15)/t8-,9-/m1/s1. The summed E-state index contributed by atoms with van der Waals surface area (Å²) in [5.41, 5.74) is -0.324. The number of piperidine rings is 1. The second-order valence-electron chi connectivity index (χ2n) is 5.48. The van der Waals surface area contributed by atoms with Gasteiger partial charge in [0.2, 0.25) is 0 Å². The number of carboxylic acid groups (broad SMARTS) is 1. The van der Waals surface area contributed by atoms with Gasteiger partial charge in [0, 0.05) is 18.1 Å². The first-order valence-corrected chi connectivity index (χ1v) is 5.55. The lowest BCUT2D eigenvalue weighted by Gasteiger charge is -2.42. The zero-order chi connectivity index (χ0) is 11.6. The van der Waals surface area contributed by atoms with E-state index in [9.17, 15) is 9.90 Å². The monoisotopic (exact) mass is 214 g/mol. The Morgan fingerprint density at radius 3 is 2.40 bits per heavy atom. The molecule has 2 N–H and O–H groups in total. The summed E-state index contributed by atoms with van der Waals surface area (Å²) in [6.45, 7) is 9.75. The van der Waals surface area contributed by atoms with Gasteiger partial charge in [-0.05, 0) is 39.7 Å². The Bertz CT molecular complexity index is 235. The van der Waals surface area contributed by atoms with Crippen LogP contribution in [0.5, 0.6) is 0 Å². The van der Waals surface area contributed by atoms with Crippen LogP contribution in [0, 0.1) is 5.92 Å². The molecule has 1 amide bonds. The molecule has 1 aliphatic rings. The Kier molecular flexibility index (Phi) is 3.60. The average molecular weight is 214 g/mol. The number of carbonyl (C=O) groups is 1. The van der Waals surface area contributed by atoms with Gasteiger partial charge in [0.05, 0.1) is 0 Å². The van der Waals surface area contributed by atoms with Crippen molar-refractivity contribution in [1.82, 2.24) is 10.2 Å². The smallest absolute Gasteiger partial charge is 0.408 e. The summed E-state index contributed by atoms with van der Waals surface area (Å²) < 4.78 is 0. The van der Waals surface area contributed by atoms with E-state index in [1.165, 1.54) is 0 Å². The zero-order valence-corrected chi connectivity index (χ0v) is 10.1. The van der Waals surface area contributed by atoms with Crippen molar-refractivity contribution in [3.05, 3.63) is 0 Å². The second-order valence-corrected chi connectivity index (χ2v) is 5.48. The molecule has 0 radical (unpaired) electrons. The Morgan fingerprint density at radius 2 is 2.00 bits per heavy atom. The van der Waals surface area contributed by atoms with Crippen molar-refractivity contribution in [2.24, 2.45) is 5.92 Å². The van der Waals surface area contributed by atoms with Crippen LogP contribution in [0.4, 0.5) is 4.79 Å². The summed E-state index contributed by atoms with van der Waals surface area (Å²) in [6, 6.07) is 0.103. The minimum Gasteiger partial charge on any atom is -0.465 e. The molecule has 0 unspecified atom stereocenters. The number of hydrogen-bond acceptors (Lipinski definition) is 2. The number of hydrogen-bond donors (Lipinski definition) is 2. The fraction of sp³-hybridized carbons (Fsp3) is 0.909. The highest BCUT2D eigenvalue weighted by molar-refractivity contribution is 5.66. The van der Waals surface area contributed by atoms with E-state index in [2.05, 4.69) is 12.2 Å². The summed E-state index contributed by atoms with van der Waals surface area (Å²) in [5.74, 6) is 0.549. The maximum absolute atomic E-state index is 11.3. The first-order valence-electron chi connectivity index (χ1n) is 5.55. The minimum atomic E-state index is -0.816. The van der Waals surface area contributed by atoms with E-state index < -0.39 is 6.09 Å². The van der Waals surface area contributed by atoms with E-state index in [1.807, 2.05) is 20.8 Å². The van der Waals surface area contributed by atoms with Crippen LogP contribution in [0.2, 0.25) is 0 Å². The molecule has 0 aromatic rings. The van der Waals surface area contributed by atoms with Crippen LogP contribution in [-0.4, -0.2) is 40.8 Å². The Labute approximate surface area is 91.6 Å². The highest BCUT2D eigenvalue weighted by Crippen LogP contribution is 2.23. The van der Waals surface area contributed by atoms with Crippen molar-refractivity contribution in [3.8, 4) is 0 Å². The van der Waals surface area contributed by atoms with Crippen molar-refractivity contribution < 1.29 is 9.90 Å². The quantitative estimate of drug-likeness (QED) is 0.699. The Balaban J connectivity index is 2.76. The van der Waals surface area contributed by atoms with E-state index in [0.29, 0.717) is 5.92 Å². The highest BCUT2D eigenvalue weighted by Gasteiger charge is 2.35. The second kappa shape index (κ2) is 4.39. The molecule has 0 aromatic carbocycles. The number of nitrogens with one attached hydrogen (secondary N) is 1. The van der Waals surface area contributed by atoms with Crippen LogP contribution in [0.15, 0.2) is 0 Å². The zero-order valence-electron chi connectivity index (χ0n) is 10.1. The van der Waals surface area contributed by atoms with Crippen LogP contribution < -0.4 is 5.32 Å². The van der Waals surface area contributed by atoms with Gasteiger partial charge in [-0.3, -0.25) is 4.90 Å².